The first-order chi connectivity index (χ1) is 8.08. The summed E-state index contributed by atoms with van der Waals surface area (Å²) in [6, 6.07) is 12.8. The van der Waals surface area contributed by atoms with Gasteiger partial charge in [-0.25, -0.2) is 4.39 Å². The Morgan fingerprint density at radius 3 is 2.06 bits per heavy atom. The maximum absolute atomic E-state index is 13.3. The predicted molar refractivity (Wildman–Crippen MR) is 70.6 cm³/mol. The molecule has 0 bridgehead atoms. The van der Waals surface area contributed by atoms with Crippen LogP contribution in [0.15, 0.2) is 42.5 Å². The van der Waals surface area contributed by atoms with Crippen LogP contribution in [0.1, 0.15) is 0 Å². The van der Waals surface area contributed by atoms with Crippen LogP contribution in [0.25, 0.3) is 11.1 Å². The molecule has 88 valence electrons. The summed E-state index contributed by atoms with van der Waals surface area (Å²) < 4.78 is 13.3. The van der Waals surface area contributed by atoms with Crippen LogP contribution in [0.3, 0.4) is 0 Å². The molecule has 2 N–H and O–H groups in total. The Morgan fingerprint density at radius 1 is 0.941 bits per heavy atom. The van der Waals surface area contributed by atoms with Gasteiger partial charge in [0.15, 0.2) is 0 Å². The third kappa shape index (κ3) is 2.38. The van der Waals surface area contributed by atoms with Crippen LogP contribution in [-0.2, 0) is 0 Å². The third-order valence-electron chi connectivity index (χ3n) is 2.72. The van der Waals surface area contributed by atoms with Gasteiger partial charge >= 0.3 is 0 Å². The smallest absolute Gasteiger partial charge is 0.146 e. The molecule has 0 spiro atoms. The molecule has 0 aromatic heterocycles. The van der Waals surface area contributed by atoms with Crippen molar-refractivity contribution in [1.82, 2.24) is 0 Å². The predicted octanol–water partition coefficient (Wildman–Crippen LogP) is 3.14. The van der Waals surface area contributed by atoms with Crippen molar-refractivity contribution in [2.75, 3.05) is 24.7 Å². The molecule has 0 aliphatic rings. The van der Waals surface area contributed by atoms with E-state index in [2.05, 4.69) is 0 Å². The molecule has 0 radical (unpaired) electrons. The number of nitrogens with zero attached hydrogens (tertiary/aromatic N) is 1. The van der Waals surface area contributed by atoms with Crippen LogP contribution in [0.5, 0.6) is 0 Å². The second-order valence-corrected chi connectivity index (χ2v) is 4.18. The summed E-state index contributed by atoms with van der Waals surface area (Å²) in [7, 11) is 3.97. The van der Waals surface area contributed by atoms with E-state index in [0.29, 0.717) is 0 Å². The first-order valence-electron chi connectivity index (χ1n) is 5.41. The minimum Gasteiger partial charge on any atom is -0.396 e. The van der Waals surface area contributed by atoms with Gasteiger partial charge in [-0.05, 0) is 35.4 Å². The zero-order chi connectivity index (χ0) is 12.4. The quantitative estimate of drug-likeness (QED) is 0.803. The molecule has 2 rings (SSSR count). The maximum atomic E-state index is 13.3. The molecule has 0 amide bonds. The third-order valence-corrected chi connectivity index (χ3v) is 2.72. The summed E-state index contributed by atoms with van der Waals surface area (Å²) in [6.07, 6.45) is 0. The van der Waals surface area contributed by atoms with E-state index in [-0.39, 0.29) is 11.5 Å². The van der Waals surface area contributed by atoms with Crippen LogP contribution in [0.2, 0.25) is 0 Å². The molecule has 2 nitrogen and oxygen atoms in total. The number of anilines is 2. The lowest BCUT2D eigenvalue weighted by atomic mass is 10.0. The molecule has 0 aliphatic carbocycles. The molecule has 0 saturated heterocycles. The van der Waals surface area contributed by atoms with Crippen LogP contribution in [0.4, 0.5) is 15.8 Å². The fourth-order valence-electron chi connectivity index (χ4n) is 1.66. The fourth-order valence-corrected chi connectivity index (χ4v) is 1.66. The fraction of sp³-hybridized carbons (Fsp3) is 0.143. The average molecular weight is 230 g/mol. The van der Waals surface area contributed by atoms with Crippen molar-refractivity contribution in [3.63, 3.8) is 0 Å². The maximum Gasteiger partial charge on any atom is 0.146 e. The lowest BCUT2D eigenvalue weighted by Gasteiger charge is -2.12. The van der Waals surface area contributed by atoms with Crippen molar-refractivity contribution in [2.24, 2.45) is 0 Å². The van der Waals surface area contributed by atoms with Gasteiger partial charge in [0.2, 0.25) is 0 Å². The van der Waals surface area contributed by atoms with E-state index in [1.54, 1.807) is 6.07 Å². The van der Waals surface area contributed by atoms with E-state index < -0.39 is 0 Å². The summed E-state index contributed by atoms with van der Waals surface area (Å²) in [6.45, 7) is 0. The first kappa shape index (κ1) is 11.5. The summed E-state index contributed by atoms with van der Waals surface area (Å²) in [5.41, 5.74) is 8.56. The van der Waals surface area contributed by atoms with E-state index in [4.69, 9.17) is 5.73 Å². The van der Waals surface area contributed by atoms with Gasteiger partial charge in [-0.15, -0.1) is 0 Å². The van der Waals surface area contributed by atoms with Gasteiger partial charge in [0.05, 0.1) is 5.69 Å². The number of halogens is 1. The second kappa shape index (κ2) is 4.45. The van der Waals surface area contributed by atoms with Crippen molar-refractivity contribution in [1.29, 1.82) is 0 Å². The van der Waals surface area contributed by atoms with Crippen molar-refractivity contribution in [3.05, 3.63) is 48.3 Å². The Morgan fingerprint density at radius 2 is 1.53 bits per heavy atom. The molecule has 2 aromatic rings. The number of nitrogen functional groups attached to an aromatic ring is 1. The Bertz CT molecular complexity index is 518. The summed E-state index contributed by atoms with van der Waals surface area (Å²) in [4.78, 5) is 2.02. The van der Waals surface area contributed by atoms with Gasteiger partial charge in [-0.2, -0.15) is 0 Å². The van der Waals surface area contributed by atoms with Gasteiger partial charge in [-0.3, -0.25) is 0 Å². The molecule has 0 heterocycles. The lowest BCUT2D eigenvalue weighted by Crippen LogP contribution is -2.07. The van der Waals surface area contributed by atoms with Crippen LogP contribution in [-0.4, -0.2) is 14.1 Å². The van der Waals surface area contributed by atoms with Crippen LogP contribution < -0.4 is 10.6 Å². The standard InChI is InChI=1S/C14H15FN2/c1-17(2)12-6-3-10(4-7-12)11-5-8-14(16)13(15)9-11/h3-9H,16H2,1-2H3. The van der Waals surface area contributed by atoms with Gasteiger partial charge in [0.25, 0.3) is 0 Å². The van der Waals surface area contributed by atoms with Crippen molar-refractivity contribution < 1.29 is 4.39 Å². The summed E-state index contributed by atoms with van der Waals surface area (Å²) >= 11 is 0. The van der Waals surface area contributed by atoms with Crippen molar-refractivity contribution in [3.8, 4) is 11.1 Å². The van der Waals surface area contributed by atoms with Crippen molar-refractivity contribution >= 4 is 11.4 Å². The Hall–Kier alpha value is -2.03. The largest absolute Gasteiger partial charge is 0.396 e. The van der Waals surface area contributed by atoms with E-state index in [1.165, 1.54) is 6.07 Å². The molecule has 0 saturated carbocycles. The van der Waals surface area contributed by atoms with E-state index in [1.807, 2.05) is 49.3 Å². The van der Waals surface area contributed by atoms with Gasteiger partial charge in [0.1, 0.15) is 5.82 Å². The number of hydrogen-bond acceptors (Lipinski definition) is 2. The molecule has 2 aromatic carbocycles. The number of nitrogens with two attached hydrogens (primary N) is 1. The summed E-state index contributed by atoms with van der Waals surface area (Å²) in [5.74, 6) is -0.376. The molecular formula is C14H15FN2. The zero-order valence-corrected chi connectivity index (χ0v) is 9.94. The highest BCUT2D eigenvalue weighted by Crippen LogP contribution is 2.24. The summed E-state index contributed by atoms with van der Waals surface area (Å²) in [5, 5.41) is 0. The van der Waals surface area contributed by atoms with Crippen LogP contribution in [0, 0.1) is 5.82 Å². The first-order valence-corrected chi connectivity index (χ1v) is 5.41. The Labute approximate surface area is 100 Å². The van der Waals surface area contributed by atoms with E-state index in [0.717, 1.165) is 16.8 Å². The highest BCUT2D eigenvalue weighted by atomic mass is 19.1. The zero-order valence-electron chi connectivity index (χ0n) is 9.94. The van der Waals surface area contributed by atoms with Gasteiger partial charge in [-0.1, -0.05) is 18.2 Å². The number of rotatable bonds is 2. The Kier molecular flexibility index (Phi) is 3.00. The average Bonchev–Trinajstić information content (AvgIpc) is 2.33. The lowest BCUT2D eigenvalue weighted by molar-refractivity contribution is 0.633. The monoisotopic (exact) mass is 230 g/mol. The highest BCUT2D eigenvalue weighted by molar-refractivity contribution is 5.68. The molecule has 3 heteroatoms. The molecule has 17 heavy (non-hydrogen) atoms. The molecule has 0 unspecified atom stereocenters. The SMILES string of the molecule is CN(C)c1ccc(-c2ccc(N)c(F)c2)cc1. The molecular weight excluding hydrogens is 215 g/mol. The number of hydrogen-bond donors (Lipinski definition) is 1. The normalized spacial score (nSPS) is 10.3. The Balaban J connectivity index is 2.36. The number of benzene rings is 2. The van der Waals surface area contributed by atoms with Gasteiger partial charge < -0.3 is 10.6 Å². The highest BCUT2D eigenvalue weighted by Gasteiger charge is 2.03. The topological polar surface area (TPSA) is 29.3 Å². The molecule has 0 atom stereocenters. The minimum absolute atomic E-state index is 0.179. The second-order valence-electron chi connectivity index (χ2n) is 4.18. The minimum atomic E-state index is -0.376. The molecule has 0 fully saturated rings. The molecule has 0 aliphatic heterocycles. The van der Waals surface area contributed by atoms with E-state index in [9.17, 15) is 4.39 Å². The van der Waals surface area contributed by atoms with Crippen LogP contribution >= 0.6 is 0 Å². The van der Waals surface area contributed by atoms with E-state index >= 15 is 0 Å². The van der Waals surface area contributed by atoms with Gasteiger partial charge in [0, 0.05) is 19.8 Å². The van der Waals surface area contributed by atoms with Crippen molar-refractivity contribution in [2.45, 2.75) is 0 Å².